The van der Waals surface area contributed by atoms with Gasteiger partial charge in [0.15, 0.2) is 5.69 Å². The van der Waals surface area contributed by atoms with Crippen LogP contribution in [0.15, 0.2) is 6.20 Å². The summed E-state index contributed by atoms with van der Waals surface area (Å²) in [6, 6.07) is 0. The minimum Gasteiger partial charge on any atom is -0.337 e. The van der Waals surface area contributed by atoms with Gasteiger partial charge in [0.2, 0.25) is 0 Å². The van der Waals surface area contributed by atoms with Gasteiger partial charge in [0.05, 0.1) is 6.20 Å². The zero-order valence-corrected chi connectivity index (χ0v) is 12.9. The number of hydrogen-bond acceptors (Lipinski definition) is 3. The molecule has 1 N–H and O–H groups in total. The first kappa shape index (κ1) is 16.7. The van der Waals surface area contributed by atoms with E-state index < -0.39 is 0 Å². The van der Waals surface area contributed by atoms with Crippen LogP contribution in [-0.2, 0) is 0 Å². The second kappa shape index (κ2) is 10.4. The van der Waals surface area contributed by atoms with Gasteiger partial charge in [-0.05, 0) is 12.8 Å². The number of hydrogen-bond donors (Lipinski definition) is 1. The topological polar surface area (TPSA) is 61.9 Å². The minimum absolute atomic E-state index is 0.00625. The van der Waals surface area contributed by atoms with Gasteiger partial charge in [-0.1, -0.05) is 52.4 Å². The average Bonchev–Trinajstić information content (AvgIpc) is 2.99. The number of aromatic amines is 1. The highest BCUT2D eigenvalue weighted by Gasteiger charge is 2.17. The molecule has 5 heteroatoms. The first-order valence-corrected chi connectivity index (χ1v) is 7.94. The molecule has 0 radical (unpaired) electrons. The fraction of sp³-hybridized carbons (Fsp3) is 0.800. The molecule has 0 aliphatic heterocycles. The van der Waals surface area contributed by atoms with Crippen LogP contribution in [0, 0.1) is 0 Å². The predicted molar refractivity (Wildman–Crippen MR) is 80.6 cm³/mol. The molecule has 5 nitrogen and oxygen atoms in total. The summed E-state index contributed by atoms with van der Waals surface area (Å²) in [6.07, 6.45) is 10.9. The summed E-state index contributed by atoms with van der Waals surface area (Å²) in [5.74, 6) is 0.00625. The fourth-order valence-electron chi connectivity index (χ4n) is 2.24. The highest BCUT2D eigenvalue weighted by atomic mass is 16.2. The van der Waals surface area contributed by atoms with Crippen LogP contribution in [-0.4, -0.2) is 39.3 Å². The number of nitrogens with zero attached hydrogens (tertiary/aromatic N) is 3. The van der Waals surface area contributed by atoms with E-state index in [1.807, 2.05) is 4.90 Å². The van der Waals surface area contributed by atoms with E-state index in [0.29, 0.717) is 5.69 Å². The van der Waals surface area contributed by atoms with Crippen LogP contribution in [0.25, 0.3) is 0 Å². The number of nitrogens with one attached hydrogen (secondary N) is 1. The Bertz CT molecular complexity index is 339. The van der Waals surface area contributed by atoms with Crippen molar-refractivity contribution < 1.29 is 4.79 Å². The summed E-state index contributed by atoms with van der Waals surface area (Å²) < 4.78 is 0. The van der Waals surface area contributed by atoms with E-state index in [4.69, 9.17) is 0 Å². The predicted octanol–water partition coefficient (Wildman–Crippen LogP) is 3.41. The van der Waals surface area contributed by atoms with E-state index in [1.165, 1.54) is 44.7 Å². The normalized spacial score (nSPS) is 10.7. The number of unbranched alkanes of at least 4 members (excludes halogenated alkanes) is 6. The molecule has 20 heavy (non-hydrogen) atoms. The Kier molecular flexibility index (Phi) is 8.67. The maximum absolute atomic E-state index is 12.3. The van der Waals surface area contributed by atoms with E-state index in [9.17, 15) is 4.79 Å². The minimum atomic E-state index is 0.00625. The van der Waals surface area contributed by atoms with Gasteiger partial charge in [-0.3, -0.25) is 4.79 Å². The van der Waals surface area contributed by atoms with Gasteiger partial charge < -0.3 is 4.90 Å². The summed E-state index contributed by atoms with van der Waals surface area (Å²) in [7, 11) is 0. The first-order valence-electron chi connectivity index (χ1n) is 7.94. The van der Waals surface area contributed by atoms with Gasteiger partial charge in [0.1, 0.15) is 0 Å². The third kappa shape index (κ3) is 6.17. The molecule has 0 aliphatic carbocycles. The molecule has 0 unspecified atom stereocenters. The maximum Gasteiger partial charge on any atom is 0.276 e. The summed E-state index contributed by atoms with van der Waals surface area (Å²) in [6.45, 7) is 6.06. The Balaban J connectivity index is 2.43. The van der Waals surface area contributed by atoms with Gasteiger partial charge in [-0.15, -0.1) is 0 Å². The summed E-state index contributed by atoms with van der Waals surface area (Å²) in [4.78, 5) is 14.3. The lowest BCUT2D eigenvalue weighted by Crippen LogP contribution is -2.33. The average molecular weight is 280 g/mol. The smallest absolute Gasteiger partial charge is 0.276 e. The number of rotatable bonds is 11. The molecule has 0 spiro atoms. The lowest BCUT2D eigenvalue weighted by atomic mass is 10.1. The molecule has 114 valence electrons. The SMILES string of the molecule is CCCCCCN(CCCCCC)C(=O)c1cn[nH]n1. The Morgan fingerprint density at radius 3 is 2.10 bits per heavy atom. The van der Waals surface area contributed by atoms with E-state index in [-0.39, 0.29) is 5.91 Å². The second-order valence-electron chi connectivity index (χ2n) is 5.27. The van der Waals surface area contributed by atoms with Crippen molar-refractivity contribution in [1.29, 1.82) is 0 Å². The highest BCUT2D eigenvalue weighted by Crippen LogP contribution is 2.08. The molecule has 1 aromatic rings. The van der Waals surface area contributed by atoms with Gasteiger partial charge in [-0.25, -0.2) is 0 Å². The van der Waals surface area contributed by atoms with Crippen LogP contribution in [0.5, 0.6) is 0 Å². The van der Waals surface area contributed by atoms with Gasteiger partial charge in [-0.2, -0.15) is 15.4 Å². The molecule has 1 heterocycles. The largest absolute Gasteiger partial charge is 0.337 e. The molecule has 0 aliphatic rings. The Hall–Kier alpha value is -1.39. The van der Waals surface area contributed by atoms with Crippen molar-refractivity contribution in [3.05, 3.63) is 11.9 Å². The van der Waals surface area contributed by atoms with Crippen molar-refractivity contribution in [3.8, 4) is 0 Å². The maximum atomic E-state index is 12.3. The third-order valence-corrected chi connectivity index (χ3v) is 3.48. The molecule has 0 saturated carbocycles. The van der Waals surface area contributed by atoms with Crippen molar-refractivity contribution in [2.75, 3.05) is 13.1 Å². The van der Waals surface area contributed by atoms with Crippen LogP contribution in [0.4, 0.5) is 0 Å². The molecule has 0 saturated heterocycles. The number of carbonyl (C=O) groups excluding carboxylic acids is 1. The fourth-order valence-corrected chi connectivity index (χ4v) is 2.24. The van der Waals surface area contributed by atoms with Gasteiger partial charge in [0, 0.05) is 13.1 Å². The van der Waals surface area contributed by atoms with E-state index >= 15 is 0 Å². The molecule has 1 amide bonds. The number of amides is 1. The summed E-state index contributed by atoms with van der Waals surface area (Å²) in [5.41, 5.74) is 0.427. The van der Waals surface area contributed by atoms with E-state index in [2.05, 4.69) is 29.3 Å². The Labute approximate surface area is 122 Å². The van der Waals surface area contributed by atoms with Crippen molar-refractivity contribution in [2.24, 2.45) is 0 Å². The standard InChI is InChI=1S/C15H28N4O/c1-3-5-7-9-11-19(12-10-8-6-4-2)15(20)14-13-16-18-17-14/h13H,3-12H2,1-2H3,(H,16,17,18). The third-order valence-electron chi connectivity index (χ3n) is 3.48. The van der Waals surface area contributed by atoms with Crippen molar-refractivity contribution >= 4 is 5.91 Å². The summed E-state index contributed by atoms with van der Waals surface area (Å²) in [5, 5.41) is 10.1. The molecule has 0 bridgehead atoms. The first-order chi connectivity index (χ1) is 9.79. The molecule has 0 aromatic carbocycles. The van der Waals surface area contributed by atoms with Crippen LogP contribution in [0.2, 0.25) is 0 Å². The van der Waals surface area contributed by atoms with Crippen LogP contribution in [0.1, 0.15) is 75.7 Å². The molecule has 0 atom stereocenters. The van der Waals surface area contributed by atoms with E-state index in [1.54, 1.807) is 0 Å². The molecule has 1 rings (SSSR count). The molecular formula is C15H28N4O. The van der Waals surface area contributed by atoms with Gasteiger partial charge >= 0.3 is 0 Å². The van der Waals surface area contributed by atoms with Crippen LogP contribution < -0.4 is 0 Å². The monoisotopic (exact) mass is 280 g/mol. The molecular weight excluding hydrogens is 252 g/mol. The lowest BCUT2D eigenvalue weighted by Gasteiger charge is -2.21. The molecule has 1 aromatic heterocycles. The summed E-state index contributed by atoms with van der Waals surface area (Å²) >= 11 is 0. The van der Waals surface area contributed by atoms with Crippen LogP contribution >= 0.6 is 0 Å². The molecule has 0 fully saturated rings. The highest BCUT2D eigenvalue weighted by molar-refractivity contribution is 5.91. The zero-order chi connectivity index (χ0) is 14.6. The Morgan fingerprint density at radius 1 is 1.05 bits per heavy atom. The number of carbonyl (C=O) groups is 1. The number of aromatic nitrogens is 3. The van der Waals surface area contributed by atoms with Gasteiger partial charge in [0.25, 0.3) is 5.91 Å². The quantitative estimate of drug-likeness (QED) is 0.632. The Morgan fingerprint density at radius 2 is 1.65 bits per heavy atom. The number of H-pyrrole nitrogens is 1. The zero-order valence-electron chi connectivity index (χ0n) is 12.9. The van der Waals surface area contributed by atoms with Crippen molar-refractivity contribution in [3.63, 3.8) is 0 Å². The van der Waals surface area contributed by atoms with Crippen LogP contribution in [0.3, 0.4) is 0 Å². The van der Waals surface area contributed by atoms with E-state index in [0.717, 1.165) is 25.9 Å². The second-order valence-corrected chi connectivity index (χ2v) is 5.27. The van der Waals surface area contributed by atoms with Crippen molar-refractivity contribution in [1.82, 2.24) is 20.3 Å². The van der Waals surface area contributed by atoms with Crippen molar-refractivity contribution in [2.45, 2.75) is 65.2 Å². The lowest BCUT2D eigenvalue weighted by molar-refractivity contribution is 0.0743.